The molecule has 0 saturated carbocycles. The molecule has 0 spiro atoms. The second-order valence-corrected chi connectivity index (χ2v) is 1.47. The first-order valence-electron chi connectivity index (χ1n) is 2.23. The predicted octanol–water partition coefficient (Wildman–Crippen LogP) is 0.403. The molecule has 9 heavy (non-hydrogen) atoms. The number of halogens is 1. The molecule has 0 unspecified atom stereocenters. The van der Waals surface area contributed by atoms with E-state index in [1.807, 2.05) is 0 Å². The highest BCUT2D eigenvalue weighted by Crippen LogP contribution is 1.90. The summed E-state index contributed by atoms with van der Waals surface area (Å²) in [6.07, 6.45) is 5.01. The molecule has 1 rings (SSSR count). The maximum atomic E-state index is 10.3. The maximum absolute atomic E-state index is 10.3. The zero-order chi connectivity index (χ0) is 5.98. The second-order valence-electron chi connectivity index (χ2n) is 1.47. The zero-order valence-corrected chi connectivity index (χ0v) is 4.53. The van der Waals surface area contributed by atoms with Gasteiger partial charge in [0.25, 0.3) is 0 Å². The van der Waals surface area contributed by atoms with Gasteiger partial charge in [0.05, 0.1) is 0 Å². The smallest absolute Gasteiger partial charge is 0.178 e. The van der Waals surface area contributed by atoms with Crippen LogP contribution in [0.2, 0.25) is 0 Å². The Morgan fingerprint density at radius 1 is 0.778 bits per heavy atom. The summed E-state index contributed by atoms with van der Waals surface area (Å²) >= 11 is 0. The summed E-state index contributed by atoms with van der Waals surface area (Å²) in [4.78, 5) is 20.6. The monoisotopic (exact) mass is 128 g/mol. The van der Waals surface area contributed by atoms with Crippen molar-refractivity contribution in [1.82, 2.24) is 0 Å². The summed E-state index contributed by atoms with van der Waals surface area (Å²) in [7, 11) is 0. The van der Waals surface area contributed by atoms with E-state index in [0.717, 1.165) is 0 Å². The van der Waals surface area contributed by atoms with Crippen LogP contribution >= 0.6 is 0 Å². The molecule has 2 nitrogen and oxygen atoms in total. The zero-order valence-electron chi connectivity index (χ0n) is 4.53. The quantitative estimate of drug-likeness (QED) is 0.442. The van der Waals surface area contributed by atoms with Crippen LogP contribution in [0.25, 0.3) is 0 Å². The van der Waals surface area contributed by atoms with Crippen molar-refractivity contribution in [3.8, 4) is 0 Å². The van der Waals surface area contributed by atoms with Gasteiger partial charge in [-0.3, -0.25) is 14.3 Å². The van der Waals surface area contributed by atoms with E-state index < -0.39 is 0 Å². The lowest BCUT2D eigenvalue weighted by molar-refractivity contribution is -0.113. The molecular weight excluding hydrogens is 123 g/mol. The fraction of sp³-hybridized carbons (Fsp3) is 0. The molecule has 0 atom stereocenters. The molecule has 0 bridgehead atoms. The molecule has 1 aliphatic carbocycles. The largest absolute Gasteiger partial charge is 0.290 e. The Kier molecular flexibility index (Phi) is 2.51. The Morgan fingerprint density at radius 2 is 1.00 bits per heavy atom. The molecule has 0 aromatic rings. The topological polar surface area (TPSA) is 34.1 Å². The molecule has 0 aliphatic heterocycles. The molecule has 0 radical (unpaired) electrons. The van der Waals surface area contributed by atoms with Crippen molar-refractivity contribution in [3.05, 3.63) is 24.3 Å². The fourth-order valence-corrected chi connectivity index (χ4v) is 0.440. The second kappa shape index (κ2) is 2.91. The van der Waals surface area contributed by atoms with E-state index in [0.29, 0.717) is 0 Å². The number of carbonyl (C=O) groups is 2. The molecule has 48 valence electrons. The van der Waals surface area contributed by atoms with Gasteiger partial charge in [0.1, 0.15) is 0 Å². The highest BCUT2D eigenvalue weighted by molar-refractivity contribution is 6.14. The summed E-state index contributed by atoms with van der Waals surface area (Å²) in [6, 6.07) is 0. The van der Waals surface area contributed by atoms with E-state index >= 15 is 0 Å². The van der Waals surface area contributed by atoms with Gasteiger partial charge in [-0.2, -0.15) is 0 Å². The summed E-state index contributed by atoms with van der Waals surface area (Å²) in [5.41, 5.74) is 0. The summed E-state index contributed by atoms with van der Waals surface area (Å²) < 4.78 is 0. The average Bonchev–Trinajstić information content (AvgIpc) is 1.77. The lowest BCUT2D eigenvalue weighted by Gasteiger charge is -1.87. The third kappa shape index (κ3) is 1.99. The first-order chi connectivity index (χ1) is 3.79. The van der Waals surface area contributed by atoms with Crippen LogP contribution in [0.5, 0.6) is 0 Å². The van der Waals surface area contributed by atoms with Gasteiger partial charge in [0.2, 0.25) is 0 Å². The van der Waals surface area contributed by atoms with E-state index in [2.05, 4.69) is 0 Å². The van der Waals surface area contributed by atoms with Crippen molar-refractivity contribution in [2.24, 2.45) is 0 Å². The molecule has 0 fully saturated rings. The van der Waals surface area contributed by atoms with Crippen molar-refractivity contribution in [2.75, 3.05) is 0 Å². The minimum atomic E-state index is -0.121. The van der Waals surface area contributed by atoms with Crippen LogP contribution in [0, 0.1) is 0 Å². The van der Waals surface area contributed by atoms with E-state index in [-0.39, 0.29) is 16.3 Å². The van der Waals surface area contributed by atoms with Gasteiger partial charge in [0.15, 0.2) is 11.6 Å². The first kappa shape index (κ1) is 7.75. The van der Waals surface area contributed by atoms with E-state index in [4.69, 9.17) is 0 Å². The first-order valence-corrected chi connectivity index (χ1v) is 2.23. The third-order valence-electron chi connectivity index (χ3n) is 0.824. The predicted molar refractivity (Wildman–Crippen MR) is 30.8 cm³/mol. The van der Waals surface area contributed by atoms with E-state index in [1.165, 1.54) is 24.3 Å². The third-order valence-corrected chi connectivity index (χ3v) is 0.824. The molecule has 0 heterocycles. The lowest BCUT2D eigenvalue weighted by atomic mass is 10.2. The number of allylic oxidation sites excluding steroid dienone is 4. The molecule has 0 saturated heterocycles. The Bertz CT molecular complexity index is 153. The number of rotatable bonds is 0. The molecule has 3 heteroatoms. The average molecular weight is 128 g/mol. The molecular formula is C6H5FO2. The molecule has 0 N–H and O–H groups in total. The Balaban J connectivity index is 0.000000640. The molecule has 0 aromatic heterocycles. The van der Waals surface area contributed by atoms with E-state index in [1.54, 1.807) is 0 Å². The van der Waals surface area contributed by atoms with Crippen LogP contribution in [0.1, 0.15) is 0 Å². The molecule has 0 amide bonds. The fourth-order valence-electron chi connectivity index (χ4n) is 0.440. The van der Waals surface area contributed by atoms with Crippen LogP contribution in [0.4, 0.5) is 4.70 Å². The Morgan fingerprint density at radius 3 is 1.22 bits per heavy atom. The number of ketones is 2. The van der Waals surface area contributed by atoms with Crippen molar-refractivity contribution < 1.29 is 14.3 Å². The Hall–Kier alpha value is -1.25. The van der Waals surface area contributed by atoms with Gasteiger partial charge >= 0.3 is 0 Å². The van der Waals surface area contributed by atoms with Crippen LogP contribution in [0.15, 0.2) is 24.3 Å². The molecule has 1 aliphatic rings. The van der Waals surface area contributed by atoms with Gasteiger partial charge in [-0.15, -0.1) is 0 Å². The van der Waals surface area contributed by atoms with Crippen LogP contribution in [-0.4, -0.2) is 11.6 Å². The highest BCUT2D eigenvalue weighted by Gasteiger charge is 1.97. The van der Waals surface area contributed by atoms with Crippen LogP contribution in [0.3, 0.4) is 0 Å². The minimum absolute atomic E-state index is 0. The normalized spacial score (nSPS) is 15.6. The van der Waals surface area contributed by atoms with Crippen molar-refractivity contribution in [1.29, 1.82) is 0 Å². The van der Waals surface area contributed by atoms with Crippen molar-refractivity contribution >= 4 is 11.6 Å². The summed E-state index contributed by atoms with van der Waals surface area (Å²) in [5.74, 6) is -0.241. The van der Waals surface area contributed by atoms with E-state index in [9.17, 15) is 9.59 Å². The van der Waals surface area contributed by atoms with Gasteiger partial charge < -0.3 is 0 Å². The number of hydrogen-bond acceptors (Lipinski definition) is 2. The SMILES string of the molecule is F.O=C1C=CC(=O)C=C1. The Labute approximate surface area is 51.2 Å². The van der Waals surface area contributed by atoms with Crippen molar-refractivity contribution in [2.45, 2.75) is 0 Å². The van der Waals surface area contributed by atoms with Gasteiger partial charge in [-0.05, 0) is 24.3 Å². The maximum Gasteiger partial charge on any atom is 0.178 e. The number of carbonyl (C=O) groups excluding carboxylic acids is 2. The lowest BCUT2D eigenvalue weighted by Crippen LogP contribution is -1.97. The highest BCUT2D eigenvalue weighted by atomic mass is 19.0. The van der Waals surface area contributed by atoms with Gasteiger partial charge in [-0.1, -0.05) is 0 Å². The van der Waals surface area contributed by atoms with Crippen molar-refractivity contribution in [3.63, 3.8) is 0 Å². The standard InChI is InChI=1S/C6H4O2.FH/c7-5-1-2-6(8)4-3-5;/h1-4H;1H. The molecule has 0 aromatic carbocycles. The van der Waals surface area contributed by atoms with Gasteiger partial charge in [0, 0.05) is 0 Å². The number of hydrogen-bond donors (Lipinski definition) is 0. The summed E-state index contributed by atoms with van der Waals surface area (Å²) in [5, 5.41) is 0. The van der Waals surface area contributed by atoms with Crippen LogP contribution < -0.4 is 0 Å². The van der Waals surface area contributed by atoms with Gasteiger partial charge in [-0.25, -0.2) is 0 Å². The van der Waals surface area contributed by atoms with Crippen LogP contribution in [-0.2, 0) is 9.59 Å². The minimum Gasteiger partial charge on any atom is -0.290 e. The summed E-state index contributed by atoms with van der Waals surface area (Å²) in [6.45, 7) is 0.